The van der Waals surface area contributed by atoms with E-state index in [0.717, 1.165) is 0 Å². The van der Waals surface area contributed by atoms with Gasteiger partial charge in [0, 0.05) is 11.6 Å². The number of carbonyl (C=O) groups is 1. The van der Waals surface area contributed by atoms with Gasteiger partial charge in [-0.15, -0.1) is 0 Å². The predicted octanol–water partition coefficient (Wildman–Crippen LogP) is 0.946. The lowest BCUT2D eigenvalue weighted by molar-refractivity contribution is -0.123. The number of hydrogen-bond donors (Lipinski definition) is 3. The van der Waals surface area contributed by atoms with Crippen LogP contribution >= 0.6 is 11.6 Å². The normalized spacial score (nSPS) is 23.4. The van der Waals surface area contributed by atoms with Crippen molar-refractivity contribution in [2.24, 2.45) is 0 Å². The van der Waals surface area contributed by atoms with Crippen molar-refractivity contribution in [3.8, 4) is 5.75 Å². The minimum Gasteiger partial charge on any atom is -0.489 e. The predicted molar refractivity (Wildman–Crippen MR) is 77.0 cm³/mol. The van der Waals surface area contributed by atoms with Gasteiger partial charge in [-0.1, -0.05) is 11.6 Å². The SMILES string of the molecule is CC(CNC(=O)C1CC(O)CN1)Oc1ccc(Cl)cc1. The van der Waals surface area contributed by atoms with Crippen molar-refractivity contribution in [2.45, 2.75) is 31.6 Å². The van der Waals surface area contributed by atoms with Crippen LogP contribution in [0.2, 0.25) is 5.02 Å². The van der Waals surface area contributed by atoms with Crippen LogP contribution < -0.4 is 15.4 Å². The van der Waals surface area contributed by atoms with E-state index in [1.807, 2.05) is 6.92 Å². The first kappa shape index (κ1) is 15.1. The third-order valence-electron chi connectivity index (χ3n) is 3.14. The molecule has 1 fully saturated rings. The van der Waals surface area contributed by atoms with Gasteiger partial charge >= 0.3 is 0 Å². The van der Waals surface area contributed by atoms with Crippen molar-refractivity contribution >= 4 is 17.5 Å². The Morgan fingerprint density at radius 1 is 1.55 bits per heavy atom. The minimum atomic E-state index is -0.437. The maximum absolute atomic E-state index is 11.8. The summed E-state index contributed by atoms with van der Waals surface area (Å²) in [5.74, 6) is 0.610. The van der Waals surface area contributed by atoms with Crippen molar-refractivity contribution in [2.75, 3.05) is 13.1 Å². The highest BCUT2D eigenvalue weighted by Crippen LogP contribution is 2.16. The topological polar surface area (TPSA) is 70.6 Å². The van der Waals surface area contributed by atoms with Gasteiger partial charge in [0.05, 0.1) is 18.7 Å². The summed E-state index contributed by atoms with van der Waals surface area (Å²) in [5, 5.41) is 15.8. The van der Waals surface area contributed by atoms with E-state index in [9.17, 15) is 9.90 Å². The lowest BCUT2D eigenvalue weighted by Gasteiger charge is -2.17. The average molecular weight is 299 g/mol. The summed E-state index contributed by atoms with van der Waals surface area (Å²) in [4.78, 5) is 11.8. The van der Waals surface area contributed by atoms with Crippen molar-refractivity contribution in [3.63, 3.8) is 0 Å². The number of benzene rings is 1. The van der Waals surface area contributed by atoms with Gasteiger partial charge in [-0.05, 0) is 37.6 Å². The van der Waals surface area contributed by atoms with E-state index in [4.69, 9.17) is 16.3 Å². The van der Waals surface area contributed by atoms with Crippen molar-refractivity contribution in [3.05, 3.63) is 29.3 Å². The molecule has 1 aromatic carbocycles. The quantitative estimate of drug-likeness (QED) is 0.757. The van der Waals surface area contributed by atoms with Crippen molar-refractivity contribution in [1.82, 2.24) is 10.6 Å². The average Bonchev–Trinajstić information content (AvgIpc) is 2.85. The summed E-state index contributed by atoms with van der Waals surface area (Å²) in [6.07, 6.45) is -0.127. The van der Waals surface area contributed by atoms with Gasteiger partial charge < -0.3 is 20.5 Å². The minimum absolute atomic E-state index is 0.104. The molecule has 5 nitrogen and oxygen atoms in total. The highest BCUT2D eigenvalue weighted by atomic mass is 35.5. The van der Waals surface area contributed by atoms with Crippen LogP contribution in [0.5, 0.6) is 5.75 Å². The summed E-state index contributed by atoms with van der Waals surface area (Å²) >= 11 is 5.80. The molecule has 1 aliphatic heterocycles. The molecule has 1 aromatic rings. The molecule has 0 aliphatic carbocycles. The standard InChI is InChI=1S/C14H19ClN2O3/c1-9(20-12-4-2-10(15)3-5-12)7-17-14(19)13-6-11(18)8-16-13/h2-5,9,11,13,16,18H,6-8H2,1H3,(H,17,19). The van der Waals surface area contributed by atoms with E-state index in [1.54, 1.807) is 24.3 Å². The second-order valence-electron chi connectivity index (χ2n) is 4.98. The molecule has 1 saturated heterocycles. The molecule has 1 heterocycles. The van der Waals surface area contributed by atoms with E-state index in [2.05, 4.69) is 10.6 Å². The summed E-state index contributed by atoms with van der Waals surface area (Å²) in [6.45, 7) is 2.76. The number of nitrogens with one attached hydrogen (secondary N) is 2. The van der Waals surface area contributed by atoms with Crippen LogP contribution in [-0.2, 0) is 4.79 Å². The zero-order chi connectivity index (χ0) is 14.5. The fraction of sp³-hybridized carbons (Fsp3) is 0.500. The smallest absolute Gasteiger partial charge is 0.237 e. The second kappa shape index (κ2) is 6.92. The lowest BCUT2D eigenvalue weighted by Crippen LogP contribution is -2.43. The number of aliphatic hydroxyl groups is 1. The Bertz CT molecular complexity index is 452. The van der Waals surface area contributed by atoms with Gasteiger partial charge in [-0.2, -0.15) is 0 Å². The summed E-state index contributed by atoms with van der Waals surface area (Å²) < 4.78 is 5.66. The molecule has 0 spiro atoms. The van der Waals surface area contributed by atoms with Gasteiger partial charge in [0.1, 0.15) is 11.9 Å². The number of rotatable bonds is 5. The third-order valence-corrected chi connectivity index (χ3v) is 3.39. The Hall–Kier alpha value is -1.30. The lowest BCUT2D eigenvalue weighted by atomic mass is 10.2. The molecular weight excluding hydrogens is 280 g/mol. The molecular formula is C14H19ClN2O3. The number of halogens is 1. The van der Waals surface area contributed by atoms with Gasteiger partial charge in [-0.25, -0.2) is 0 Å². The molecule has 0 aromatic heterocycles. The van der Waals surface area contributed by atoms with Gasteiger partial charge in [0.2, 0.25) is 5.91 Å². The largest absolute Gasteiger partial charge is 0.489 e. The molecule has 6 heteroatoms. The van der Waals surface area contributed by atoms with E-state index >= 15 is 0 Å². The first-order valence-corrected chi connectivity index (χ1v) is 7.04. The maximum atomic E-state index is 11.8. The van der Waals surface area contributed by atoms with Crippen molar-refractivity contribution < 1.29 is 14.6 Å². The van der Waals surface area contributed by atoms with Gasteiger partial charge in [0.15, 0.2) is 0 Å². The van der Waals surface area contributed by atoms with Crippen LogP contribution in [0.15, 0.2) is 24.3 Å². The molecule has 2 rings (SSSR count). The molecule has 0 radical (unpaired) electrons. The summed E-state index contributed by atoms with van der Waals surface area (Å²) in [5.41, 5.74) is 0. The third kappa shape index (κ3) is 4.37. The van der Waals surface area contributed by atoms with Crippen LogP contribution in [0.25, 0.3) is 0 Å². The fourth-order valence-corrected chi connectivity index (χ4v) is 2.20. The molecule has 1 aliphatic rings. The Labute approximate surface area is 123 Å². The summed E-state index contributed by atoms with van der Waals surface area (Å²) in [7, 11) is 0. The number of ether oxygens (including phenoxy) is 1. The van der Waals surface area contributed by atoms with E-state index in [0.29, 0.717) is 30.3 Å². The van der Waals surface area contributed by atoms with E-state index < -0.39 is 6.10 Å². The molecule has 3 atom stereocenters. The van der Waals surface area contributed by atoms with Crippen LogP contribution in [0.4, 0.5) is 0 Å². The zero-order valence-corrected chi connectivity index (χ0v) is 12.1. The maximum Gasteiger partial charge on any atom is 0.237 e. The molecule has 3 N–H and O–H groups in total. The molecule has 1 amide bonds. The number of hydrogen-bond acceptors (Lipinski definition) is 4. The number of carbonyl (C=O) groups excluding carboxylic acids is 1. The Morgan fingerprint density at radius 3 is 2.85 bits per heavy atom. The zero-order valence-electron chi connectivity index (χ0n) is 11.3. The van der Waals surface area contributed by atoms with E-state index in [1.165, 1.54) is 0 Å². The monoisotopic (exact) mass is 298 g/mol. The number of amides is 1. The molecule has 0 saturated carbocycles. The fourth-order valence-electron chi connectivity index (χ4n) is 2.07. The highest BCUT2D eigenvalue weighted by molar-refractivity contribution is 6.30. The van der Waals surface area contributed by atoms with Gasteiger partial charge in [-0.3, -0.25) is 4.79 Å². The Morgan fingerprint density at radius 2 is 2.25 bits per heavy atom. The second-order valence-corrected chi connectivity index (χ2v) is 5.41. The molecule has 20 heavy (non-hydrogen) atoms. The molecule has 110 valence electrons. The first-order valence-electron chi connectivity index (χ1n) is 6.66. The number of β-amino-alcohol motifs (C(OH)–C–C–N with tert-alkyl or cyclic N) is 1. The summed E-state index contributed by atoms with van der Waals surface area (Å²) in [6, 6.07) is 6.77. The van der Waals surface area contributed by atoms with Crippen LogP contribution in [0, 0.1) is 0 Å². The van der Waals surface area contributed by atoms with E-state index in [-0.39, 0.29) is 18.1 Å². The Balaban J connectivity index is 1.73. The Kier molecular flexibility index (Phi) is 5.23. The van der Waals surface area contributed by atoms with Crippen LogP contribution in [0.1, 0.15) is 13.3 Å². The van der Waals surface area contributed by atoms with Crippen molar-refractivity contribution in [1.29, 1.82) is 0 Å². The van der Waals surface area contributed by atoms with Gasteiger partial charge in [0.25, 0.3) is 0 Å². The molecule has 0 bridgehead atoms. The van der Waals surface area contributed by atoms with Crippen LogP contribution in [0.3, 0.4) is 0 Å². The van der Waals surface area contributed by atoms with Crippen LogP contribution in [-0.4, -0.2) is 42.4 Å². The molecule has 3 unspecified atom stereocenters. The highest BCUT2D eigenvalue weighted by Gasteiger charge is 2.27. The first-order chi connectivity index (χ1) is 9.54. The number of aliphatic hydroxyl groups excluding tert-OH is 1.